The first-order valence-electron chi connectivity index (χ1n) is 8.91. The van der Waals surface area contributed by atoms with Crippen LogP contribution in [0.25, 0.3) is 0 Å². The summed E-state index contributed by atoms with van der Waals surface area (Å²) in [7, 11) is 1.56. The highest BCUT2D eigenvalue weighted by Crippen LogP contribution is 2.36. The fraction of sp³-hybridized carbons (Fsp3) is 0.0909. The van der Waals surface area contributed by atoms with Crippen LogP contribution in [0.3, 0.4) is 0 Å². The zero-order valence-electron chi connectivity index (χ0n) is 15.6. The average Bonchev–Trinajstić information content (AvgIpc) is 2.88. The van der Waals surface area contributed by atoms with Gasteiger partial charge in [-0.1, -0.05) is 18.2 Å². The predicted octanol–water partition coefficient (Wildman–Crippen LogP) is 4.07. The molecule has 0 aliphatic carbocycles. The highest BCUT2D eigenvalue weighted by atomic mass is 16.5. The Morgan fingerprint density at radius 2 is 1.83 bits per heavy atom. The third kappa shape index (κ3) is 4.14. The number of anilines is 2. The molecule has 7 heteroatoms. The van der Waals surface area contributed by atoms with E-state index < -0.39 is 0 Å². The summed E-state index contributed by atoms with van der Waals surface area (Å²) in [5, 5.41) is 5.53. The van der Waals surface area contributed by atoms with Crippen LogP contribution in [-0.4, -0.2) is 25.5 Å². The number of fused-ring (bicyclic) bond motifs is 2. The van der Waals surface area contributed by atoms with E-state index in [9.17, 15) is 9.59 Å². The van der Waals surface area contributed by atoms with Gasteiger partial charge < -0.3 is 24.8 Å². The summed E-state index contributed by atoms with van der Waals surface area (Å²) in [6.07, 6.45) is 0. The number of benzene rings is 3. The minimum absolute atomic E-state index is 0.182. The average molecular weight is 390 g/mol. The van der Waals surface area contributed by atoms with E-state index in [1.165, 1.54) is 0 Å². The van der Waals surface area contributed by atoms with Gasteiger partial charge in [0.1, 0.15) is 17.2 Å². The van der Waals surface area contributed by atoms with Gasteiger partial charge in [-0.25, -0.2) is 0 Å². The Labute approximate surface area is 167 Å². The normalized spacial score (nSPS) is 11.8. The minimum atomic E-state index is -0.356. The van der Waals surface area contributed by atoms with Crippen molar-refractivity contribution in [3.8, 4) is 23.0 Å². The first-order valence-corrected chi connectivity index (χ1v) is 8.91. The SMILES string of the molecule is COc1cccc(OCC(=O)Nc2ccc3c(c2)C(=O)Nc2ccccc2O3)c1. The zero-order chi connectivity index (χ0) is 20.2. The molecule has 4 rings (SSSR count). The van der Waals surface area contributed by atoms with E-state index in [1.54, 1.807) is 61.7 Å². The molecule has 0 fully saturated rings. The molecule has 0 bridgehead atoms. The van der Waals surface area contributed by atoms with Crippen LogP contribution in [-0.2, 0) is 4.79 Å². The van der Waals surface area contributed by atoms with Crippen LogP contribution in [0.4, 0.5) is 11.4 Å². The van der Waals surface area contributed by atoms with Gasteiger partial charge in [0.25, 0.3) is 11.8 Å². The molecule has 29 heavy (non-hydrogen) atoms. The summed E-state index contributed by atoms with van der Waals surface area (Å²) in [6.45, 7) is -0.182. The number of ether oxygens (including phenoxy) is 3. The number of carbonyl (C=O) groups excluding carboxylic acids is 2. The summed E-state index contributed by atoms with van der Waals surface area (Å²) in [5.41, 5.74) is 1.38. The van der Waals surface area contributed by atoms with Gasteiger partial charge in [-0.3, -0.25) is 9.59 Å². The Hall–Kier alpha value is -4.00. The van der Waals surface area contributed by atoms with Crippen molar-refractivity contribution in [1.82, 2.24) is 0 Å². The van der Waals surface area contributed by atoms with E-state index in [4.69, 9.17) is 14.2 Å². The van der Waals surface area contributed by atoms with Crippen LogP contribution in [0.2, 0.25) is 0 Å². The van der Waals surface area contributed by atoms with E-state index in [1.807, 2.05) is 12.1 Å². The number of hydrogen-bond acceptors (Lipinski definition) is 5. The van der Waals surface area contributed by atoms with Gasteiger partial charge in [0, 0.05) is 11.8 Å². The van der Waals surface area contributed by atoms with Crippen molar-refractivity contribution in [3.05, 3.63) is 72.3 Å². The molecule has 0 atom stereocenters. The largest absolute Gasteiger partial charge is 0.497 e. The van der Waals surface area contributed by atoms with Crippen molar-refractivity contribution in [2.75, 3.05) is 24.4 Å². The molecule has 1 heterocycles. The third-order valence-electron chi connectivity index (χ3n) is 4.27. The molecule has 3 aromatic rings. The molecule has 0 unspecified atom stereocenters. The summed E-state index contributed by atoms with van der Waals surface area (Å²) in [5.74, 6) is 1.47. The number of amides is 2. The molecular weight excluding hydrogens is 372 g/mol. The van der Waals surface area contributed by atoms with Crippen molar-refractivity contribution >= 4 is 23.2 Å². The molecule has 146 valence electrons. The molecule has 2 amide bonds. The topological polar surface area (TPSA) is 85.9 Å². The summed E-state index contributed by atoms with van der Waals surface area (Å²) in [4.78, 5) is 24.8. The Morgan fingerprint density at radius 1 is 1.00 bits per heavy atom. The molecule has 0 aromatic heterocycles. The second kappa shape index (κ2) is 7.93. The maximum atomic E-state index is 12.5. The highest BCUT2D eigenvalue weighted by Gasteiger charge is 2.21. The Morgan fingerprint density at radius 3 is 2.69 bits per heavy atom. The van der Waals surface area contributed by atoms with Gasteiger partial charge in [0.05, 0.1) is 18.4 Å². The van der Waals surface area contributed by atoms with Gasteiger partial charge in [-0.15, -0.1) is 0 Å². The van der Waals surface area contributed by atoms with Crippen molar-refractivity contribution in [1.29, 1.82) is 0 Å². The number of methoxy groups -OCH3 is 1. The van der Waals surface area contributed by atoms with Crippen LogP contribution >= 0.6 is 0 Å². The fourth-order valence-electron chi connectivity index (χ4n) is 2.88. The molecule has 1 aliphatic heterocycles. The molecule has 7 nitrogen and oxygen atoms in total. The van der Waals surface area contributed by atoms with Gasteiger partial charge in [-0.05, 0) is 42.5 Å². The lowest BCUT2D eigenvalue weighted by Crippen LogP contribution is -2.20. The van der Waals surface area contributed by atoms with Crippen LogP contribution in [0.15, 0.2) is 66.7 Å². The second-order valence-electron chi connectivity index (χ2n) is 6.28. The lowest BCUT2D eigenvalue weighted by Gasteiger charge is -2.11. The standard InChI is InChI=1S/C22H18N2O5/c1-27-15-5-4-6-16(12-15)28-13-21(25)23-14-9-10-19-17(11-14)22(26)24-18-7-2-3-8-20(18)29-19/h2-12H,13H2,1H3,(H,23,25)(H,24,26). The molecule has 0 saturated carbocycles. The molecule has 3 aromatic carbocycles. The molecular formula is C22H18N2O5. The number of nitrogens with one attached hydrogen (secondary N) is 2. The van der Waals surface area contributed by atoms with Crippen molar-refractivity contribution in [2.45, 2.75) is 0 Å². The fourth-order valence-corrected chi connectivity index (χ4v) is 2.88. The molecule has 0 spiro atoms. The number of hydrogen-bond donors (Lipinski definition) is 2. The first-order chi connectivity index (χ1) is 14.1. The quantitative estimate of drug-likeness (QED) is 0.686. The van der Waals surface area contributed by atoms with E-state index in [0.717, 1.165) is 0 Å². The Bertz CT molecular complexity index is 1080. The van der Waals surface area contributed by atoms with Crippen molar-refractivity contribution in [3.63, 3.8) is 0 Å². The minimum Gasteiger partial charge on any atom is -0.497 e. The lowest BCUT2D eigenvalue weighted by atomic mass is 10.1. The zero-order valence-corrected chi connectivity index (χ0v) is 15.6. The first kappa shape index (κ1) is 18.4. The summed E-state index contributed by atoms with van der Waals surface area (Å²) >= 11 is 0. The summed E-state index contributed by atoms with van der Waals surface area (Å²) in [6, 6.07) is 19.0. The second-order valence-corrected chi connectivity index (χ2v) is 6.28. The maximum absolute atomic E-state index is 12.5. The van der Waals surface area contributed by atoms with Crippen LogP contribution in [0.5, 0.6) is 23.0 Å². The molecule has 2 N–H and O–H groups in total. The van der Waals surface area contributed by atoms with Crippen LogP contribution < -0.4 is 24.8 Å². The van der Waals surface area contributed by atoms with Crippen molar-refractivity contribution < 1.29 is 23.8 Å². The molecule has 0 saturated heterocycles. The number of carbonyl (C=O) groups is 2. The van der Waals surface area contributed by atoms with Gasteiger partial charge >= 0.3 is 0 Å². The van der Waals surface area contributed by atoms with E-state index in [0.29, 0.717) is 39.9 Å². The third-order valence-corrected chi connectivity index (χ3v) is 4.27. The Balaban J connectivity index is 1.44. The molecule has 0 radical (unpaired) electrons. The predicted molar refractivity (Wildman–Crippen MR) is 108 cm³/mol. The van der Waals surface area contributed by atoms with E-state index in [2.05, 4.69) is 10.6 Å². The van der Waals surface area contributed by atoms with E-state index in [-0.39, 0.29) is 18.4 Å². The Kier molecular flexibility index (Phi) is 5.03. The van der Waals surface area contributed by atoms with Crippen LogP contribution in [0.1, 0.15) is 10.4 Å². The van der Waals surface area contributed by atoms with Gasteiger partial charge in [-0.2, -0.15) is 0 Å². The van der Waals surface area contributed by atoms with E-state index >= 15 is 0 Å². The lowest BCUT2D eigenvalue weighted by molar-refractivity contribution is -0.118. The monoisotopic (exact) mass is 390 g/mol. The van der Waals surface area contributed by atoms with Crippen LogP contribution in [0, 0.1) is 0 Å². The smallest absolute Gasteiger partial charge is 0.262 e. The van der Waals surface area contributed by atoms with Gasteiger partial charge in [0.2, 0.25) is 0 Å². The number of para-hydroxylation sites is 2. The summed E-state index contributed by atoms with van der Waals surface area (Å²) < 4.78 is 16.4. The highest BCUT2D eigenvalue weighted by molar-refractivity contribution is 6.09. The van der Waals surface area contributed by atoms with Gasteiger partial charge in [0.15, 0.2) is 12.4 Å². The number of rotatable bonds is 5. The maximum Gasteiger partial charge on any atom is 0.262 e. The molecule has 1 aliphatic rings. The van der Waals surface area contributed by atoms with Crippen molar-refractivity contribution in [2.24, 2.45) is 0 Å².